The number of aromatic nitrogens is 1. The fraction of sp³-hybridized carbons (Fsp3) is 0.222. The summed E-state index contributed by atoms with van der Waals surface area (Å²) >= 11 is 0.788. The molecule has 6 N–H and O–H groups in total. The van der Waals surface area contributed by atoms with Crippen molar-refractivity contribution in [2.75, 3.05) is 6.54 Å². The lowest BCUT2D eigenvalue weighted by Gasteiger charge is -2.20. The number of rotatable bonds is 2. The SMILES string of the molecule is NCC(O)(O)c1ccc(O)c2[nH]c(=O)sc12. The summed E-state index contributed by atoms with van der Waals surface area (Å²) in [7, 11) is 0. The van der Waals surface area contributed by atoms with Crippen molar-refractivity contribution in [3.8, 4) is 5.75 Å². The number of aliphatic hydroxyl groups is 2. The highest BCUT2D eigenvalue weighted by molar-refractivity contribution is 7.16. The number of aromatic hydroxyl groups is 1. The molecule has 1 aromatic heterocycles. The first kappa shape index (κ1) is 11.1. The Morgan fingerprint density at radius 3 is 2.75 bits per heavy atom. The van der Waals surface area contributed by atoms with Crippen molar-refractivity contribution in [2.45, 2.75) is 5.79 Å². The average molecular weight is 242 g/mol. The molecule has 0 aliphatic heterocycles. The maximum Gasteiger partial charge on any atom is 0.305 e. The van der Waals surface area contributed by atoms with Gasteiger partial charge >= 0.3 is 4.87 Å². The summed E-state index contributed by atoms with van der Waals surface area (Å²) in [6.45, 7) is -0.404. The van der Waals surface area contributed by atoms with Crippen LogP contribution in [0.5, 0.6) is 5.75 Å². The third-order valence-electron chi connectivity index (χ3n) is 2.27. The average Bonchev–Trinajstić information content (AvgIpc) is 2.60. The minimum atomic E-state index is -2.21. The van der Waals surface area contributed by atoms with Crippen LogP contribution < -0.4 is 10.6 Å². The second-order valence-corrected chi connectivity index (χ2v) is 4.35. The minimum absolute atomic E-state index is 0.103. The van der Waals surface area contributed by atoms with Gasteiger partial charge < -0.3 is 26.0 Å². The zero-order chi connectivity index (χ0) is 11.9. The molecule has 2 rings (SSSR count). The summed E-state index contributed by atoms with van der Waals surface area (Å²) in [6, 6.07) is 2.60. The lowest BCUT2D eigenvalue weighted by molar-refractivity contribution is -0.158. The van der Waals surface area contributed by atoms with Crippen LogP contribution in [0.2, 0.25) is 0 Å². The third kappa shape index (κ3) is 1.59. The normalized spacial score (nSPS) is 12.2. The molecule has 16 heavy (non-hydrogen) atoms. The molecule has 0 unspecified atom stereocenters. The summed E-state index contributed by atoms with van der Waals surface area (Å²) in [6.07, 6.45) is 0. The van der Waals surface area contributed by atoms with Gasteiger partial charge in [0, 0.05) is 5.56 Å². The van der Waals surface area contributed by atoms with Gasteiger partial charge in [-0.05, 0) is 12.1 Å². The van der Waals surface area contributed by atoms with Crippen molar-refractivity contribution < 1.29 is 15.3 Å². The number of phenols is 1. The van der Waals surface area contributed by atoms with E-state index in [-0.39, 0.29) is 21.7 Å². The first-order valence-corrected chi connectivity index (χ1v) is 5.27. The molecule has 6 nitrogen and oxygen atoms in total. The van der Waals surface area contributed by atoms with E-state index in [1.807, 2.05) is 0 Å². The van der Waals surface area contributed by atoms with Gasteiger partial charge in [-0.1, -0.05) is 11.3 Å². The molecule has 1 heterocycles. The van der Waals surface area contributed by atoms with Crippen LogP contribution in [0, 0.1) is 0 Å². The van der Waals surface area contributed by atoms with Crippen molar-refractivity contribution >= 4 is 21.6 Å². The number of nitrogens with two attached hydrogens (primary N) is 1. The molecule has 0 atom stereocenters. The maximum atomic E-state index is 11.2. The van der Waals surface area contributed by atoms with Crippen molar-refractivity contribution in [1.82, 2.24) is 4.98 Å². The van der Waals surface area contributed by atoms with Crippen LogP contribution in [-0.2, 0) is 5.79 Å². The Labute approximate surface area is 93.6 Å². The Hall–Kier alpha value is -1.41. The highest BCUT2D eigenvalue weighted by Gasteiger charge is 2.27. The van der Waals surface area contributed by atoms with Gasteiger partial charge in [-0.2, -0.15) is 0 Å². The van der Waals surface area contributed by atoms with E-state index in [4.69, 9.17) is 5.73 Å². The summed E-state index contributed by atoms with van der Waals surface area (Å²) < 4.78 is 0.292. The molecule has 2 aromatic rings. The zero-order valence-electron chi connectivity index (χ0n) is 8.10. The molecule has 86 valence electrons. The maximum absolute atomic E-state index is 11.2. The van der Waals surface area contributed by atoms with E-state index in [1.165, 1.54) is 12.1 Å². The van der Waals surface area contributed by atoms with Gasteiger partial charge in [0.05, 0.1) is 11.2 Å². The number of fused-ring (bicyclic) bond motifs is 1. The number of H-pyrrole nitrogens is 1. The van der Waals surface area contributed by atoms with Crippen LogP contribution in [0.1, 0.15) is 5.56 Å². The molecule has 0 aliphatic carbocycles. The van der Waals surface area contributed by atoms with E-state index in [1.54, 1.807) is 0 Å². The predicted molar refractivity (Wildman–Crippen MR) is 59.3 cm³/mol. The van der Waals surface area contributed by atoms with Crippen molar-refractivity contribution in [3.05, 3.63) is 27.4 Å². The quantitative estimate of drug-likeness (QED) is 0.450. The Morgan fingerprint density at radius 1 is 1.44 bits per heavy atom. The van der Waals surface area contributed by atoms with E-state index in [0.29, 0.717) is 4.70 Å². The number of nitrogens with one attached hydrogen (secondary N) is 1. The highest BCUT2D eigenvalue weighted by Crippen LogP contribution is 2.32. The van der Waals surface area contributed by atoms with Gasteiger partial charge in [-0.3, -0.25) is 4.79 Å². The number of aromatic amines is 1. The fourth-order valence-corrected chi connectivity index (χ4v) is 2.38. The summed E-state index contributed by atoms with van der Waals surface area (Å²) in [5.74, 6) is -2.33. The van der Waals surface area contributed by atoms with E-state index in [0.717, 1.165) is 11.3 Å². The van der Waals surface area contributed by atoms with E-state index in [9.17, 15) is 20.1 Å². The fourth-order valence-electron chi connectivity index (χ4n) is 1.44. The molecule has 7 heteroatoms. The number of benzene rings is 1. The van der Waals surface area contributed by atoms with Crippen LogP contribution in [0.25, 0.3) is 10.2 Å². The first-order valence-electron chi connectivity index (χ1n) is 4.46. The topological polar surface area (TPSA) is 120 Å². The second kappa shape index (κ2) is 3.56. The van der Waals surface area contributed by atoms with Crippen molar-refractivity contribution in [2.24, 2.45) is 5.73 Å². The van der Waals surface area contributed by atoms with Crippen LogP contribution in [0.3, 0.4) is 0 Å². The van der Waals surface area contributed by atoms with Crippen LogP contribution in [0.4, 0.5) is 0 Å². The number of thiazole rings is 1. The minimum Gasteiger partial charge on any atom is -0.506 e. The molecule has 1 aromatic carbocycles. The smallest absolute Gasteiger partial charge is 0.305 e. The molecular formula is C9H10N2O4S. The standard InChI is InChI=1S/C9H10N2O4S/c10-3-9(14,15)4-1-2-5(12)6-7(4)16-8(13)11-6/h1-2,12,14-15H,3,10H2,(H,11,13). The Bertz CT molecular complexity index is 587. The van der Waals surface area contributed by atoms with Crippen LogP contribution >= 0.6 is 11.3 Å². The van der Waals surface area contributed by atoms with Gasteiger partial charge in [0.2, 0.25) is 5.79 Å². The largest absolute Gasteiger partial charge is 0.506 e. The molecule has 0 amide bonds. The number of phenolic OH excluding ortho intramolecular Hbond substituents is 1. The van der Waals surface area contributed by atoms with E-state index in [2.05, 4.69) is 4.98 Å². The molecule has 0 spiro atoms. The van der Waals surface area contributed by atoms with Gasteiger partial charge in [-0.15, -0.1) is 0 Å². The zero-order valence-corrected chi connectivity index (χ0v) is 8.91. The van der Waals surface area contributed by atoms with Crippen molar-refractivity contribution in [3.63, 3.8) is 0 Å². The van der Waals surface area contributed by atoms with Gasteiger partial charge in [-0.25, -0.2) is 0 Å². The number of hydrogen-bond donors (Lipinski definition) is 5. The molecule has 0 bridgehead atoms. The molecule has 0 saturated heterocycles. The van der Waals surface area contributed by atoms with Gasteiger partial charge in [0.1, 0.15) is 11.3 Å². The molecule has 0 saturated carbocycles. The van der Waals surface area contributed by atoms with Gasteiger partial charge in [0.15, 0.2) is 0 Å². The summed E-state index contributed by atoms with van der Waals surface area (Å²) in [5.41, 5.74) is 5.52. The van der Waals surface area contributed by atoms with Gasteiger partial charge in [0.25, 0.3) is 0 Å². The summed E-state index contributed by atoms with van der Waals surface area (Å²) in [5, 5.41) is 28.8. The Kier molecular flexibility index (Phi) is 2.47. The lowest BCUT2D eigenvalue weighted by atomic mass is 10.1. The van der Waals surface area contributed by atoms with Crippen LogP contribution in [0.15, 0.2) is 16.9 Å². The van der Waals surface area contributed by atoms with Crippen molar-refractivity contribution in [1.29, 1.82) is 0 Å². The highest BCUT2D eigenvalue weighted by atomic mass is 32.1. The first-order chi connectivity index (χ1) is 7.45. The third-order valence-corrected chi connectivity index (χ3v) is 3.19. The Morgan fingerprint density at radius 2 is 2.12 bits per heavy atom. The predicted octanol–water partition coefficient (Wildman–Crippen LogP) is -0.609. The second-order valence-electron chi connectivity index (χ2n) is 3.37. The lowest BCUT2D eigenvalue weighted by Crippen LogP contribution is -2.34. The molecule has 0 radical (unpaired) electrons. The molecule has 0 fully saturated rings. The molecular weight excluding hydrogens is 232 g/mol. The molecule has 0 aliphatic rings. The Balaban J connectivity index is 2.82. The summed E-state index contributed by atoms with van der Waals surface area (Å²) in [4.78, 5) is 13.2. The van der Waals surface area contributed by atoms with Crippen LogP contribution in [-0.4, -0.2) is 26.8 Å². The monoisotopic (exact) mass is 242 g/mol. The number of hydrogen-bond acceptors (Lipinski definition) is 6. The van der Waals surface area contributed by atoms with E-state index < -0.39 is 12.3 Å². The van der Waals surface area contributed by atoms with E-state index >= 15 is 0 Å².